The van der Waals surface area contributed by atoms with Crippen molar-refractivity contribution in [3.63, 3.8) is 0 Å². The van der Waals surface area contributed by atoms with Crippen molar-refractivity contribution in [2.24, 2.45) is 5.73 Å². The molecule has 3 N–H and O–H groups in total. The lowest BCUT2D eigenvalue weighted by molar-refractivity contribution is -0.161. The Kier molecular flexibility index (Phi) is 46.1. The van der Waals surface area contributed by atoms with Gasteiger partial charge in [0.2, 0.25) is 0 Å². The molecular formula is C54H88NO8P. The topological polar surface area (TPSA) is 134 Å². The molecular weight excluding hydrogens is 822 g/mol. The third-order valence-corrected chi connectivity index (χ3v) is 10.6. The van der Waals surface area contributed by atoms with Crippen LogP contribution in [0.1, 0.15) is 174 Å². The lowest BCUT2D eigenvalue weighted by Gasteiger charge is -2.19. The van der Waals surface area contributed by atoms with Gasteiger partial charge in [-0.25, -0.2) is 4.57 Å². The molecule has 2 unspecified atom stereocenters. The summed E-state index contributed by atoms with van der Waals surface area (Å²) in [7, 11) is -4.40. The molecule has 362 valence electrons. The molecule has 0 saturated heterocycles. The van der Waals surface area contributed by atoms with Gasteiger partial charge >= 0.3 is 19.8 Å². The summed E-state index contributed by atoms with van der Waals surface area (Å²) in [4.78, 5) is 35.0. The van der Waals surface area contributed by atoms with Gasteiger partial charge in [0, 0.05) is 19.4 Å². The average Bonchev–Trinajstić information content (AvgIpc) is 3.28. The number of phosphoric ester groups is 1. The number of nitrogens with two attached hydrogens (primary N) is 1. The van der Waals surface area contributed by atoms with Gasteiger partial charge in [-0.05, 0) is 103 Å². The fourth-order valence-electron chi connectivity index (χ4n) is 5.96. The van der Waals surface area contributed by atoms with E-state index in [0.29, 0.717) is 12.8 Å². The Morgan fingerprint density at radius 2 is 0.859 bits per heavy atom. The maximum absolute atomic E-state index is 12.6. The summed E-state index contributed by atoms with van der Waals surface area (Å²) in [6, 6.07) is 0. The number of rotatable bonds is 44. The van der Waals surface area contributed by atoms with Crippen LogP contribution in [0.5, 0.6) is 0 Å². The van der Waals surface area contributed by atoms with Crippen molar-refractivity contribution >= 4 is 19.8 Å². The highest BCUT2D eigenvalue weighted by Crippen LogP contribution is 2.43. The summed E-state index contributed by atoms with van der Waals surface area (Å²) >= 11 is 0. The van der Waals surface area contributed by atoms with Crippen LogP contribution in [0.25, 0.3) is 0 Å². The van der Waals surface area contributed by atoms with Gasteiger partial charge in [-0.2, -0.15) is 0 Å². The van der Waals surface area contributed by atoms with Crippen molar-refractivity contribution in [1.29, 1.82) is 0 Å². The van der Waals surface area contributed by atoms with E-state index in [2.05, 4.69) is 135 Å². The molecule has 2 atom stereocenters. The van der Waals surface area contributed by atoms with Crippen LogP contribution in [-0.2, 0) is 32.7 Å². The summed E-state index contributed by atoms with van der Waals surface area (Å²) in [6.45, 7) is 3.50. The first-order valence-corrected chi connectivity index (χ1v) is 26.0. The molecule has 0 spiro atoms. The third kappa shape index (κ3) is 47.9. The lowest BCUT2D eigenvalue weighted by atomic mass is 10.1. The molecule has 0 aromatic carbocycles. The van der Waals surface area contributed by atoms with Crippen molar-refractivity contribution in [1.82, 2.24) is 0 Å². The molecule has 9 nitrogen and oxygen atoms in total. The molecule has 0 aromatic rings. The van der Waals surface area contributed by atoms with Gasteiger partial charge in [-0.1, -0.05) is 180 Å². The summed E-state index contributed by atoms with van der Waals surface area (Å²) in [5.74, 6) is -0.886. The van der Waals surface area contributed by atoms with Crippen LogP contribution in [0.15, 0.2) is 122 Å². The number of unbranched alkanes of at least 4 members (excludes halogenated alkanes) is 11. The lowest BCUT2D eigenvalue weighted by Crippen LogP contribution is -2.29. The molecule has 10 heteroatoms. The maximum Gasteiger partial charge on any atom is 0.472 e. The smallest absolute Gasteiger partial charge is 0.462 e. The number of esters is 2. The van der Waals surface area contributed by atoms with Crippen molar-refractivity contribution in [3.8, 4) is 0 Å². The Balaban J connectivity index is 4.18. The van der Waals surface area contributed by atoms with E-state index in [9.17, 15) is 19.0 Å². The van der Waals surface area contributed by atoms with E-state index in [4.69, 9.17) is 24.3 Å². The minimum absolute atomic E-state index is 0.0397. The SMILES string of the molecule is CC/C=C\C/C=C\C/C=C\C/C=C\C/C=C\C/C=C\C/C=C\C/C=C\CCCCCCC(=O)OC(COC(=O)CCCCCCC/C=C\C/C=C\CCCC)COP(=O)(O)OCCN. The molecule has 0 aliphatic carbocycles. The second-order valence-electron chi connectivity index (χ2n) is 15.6. The number of allylic oxidation sites excluding steroid dienone is 20. The number of phosphoric acid groups is 1. The summed E-state index contributed by atoms with van der Waals surface area (Å²) in [6.07, 6.45) is 66.6. The predicted octanol–water partition coefficient (Wildman–Crippen LogP) is 14.9. The second-order valence-corrected chi connectivity index (χ2v) is 17.0. The van der Waals surface area contributed by atoms with Crippen molar-refractivity contribution in [3.05, 3.63) is 122 Å². The first-order valence-electron chi connectivity index (χ1n) is 24.5. The predicted molar refractivity (Wildman–Crippen MR) is 270 cm³/mol. The highest BCUT2D eigenvalue weighted by atomic mass is 31.2. The molecule has 0 aliphatic rings. The van der Waals surface area contributed by atoms with Gasteiger partial charge < -0.3 is 20.1 Å². The summed E-state index contributed by atoms with van der Waals surface area (Å²) in [5.41, 5.74) is 5.35. The van der Waals surface area contributed by atoms with E-state index < -0.39 is 32.5 Å². The zero-order chi connectivity index (χ0) is 46.7. The Morgan fingerprint density at radius 3 is 1.28 bits per heavy atom. The average molecular weight is 910 g/mol. The molecule has 0 aliphatic heterocycles. The molecule has 0 rings (SSSR count). The minimum atomic E-state index is -4.40. The fourth-order valence-corrected chi connectivity index (χ4v) is 6.72. The normalized spacial score (nSPS) is 14.2. The Bertz CT molecular complexity index is 1450. The van der Waals surface area contributed by atoms with Crippen LogP contribution in [0.2, 0.25) is 0 Å². The minimum Gasteiger partial charge on any atom is -0.462 e. The van der Waals surface area contributed by atoms with E-state index in [1.165, 1.54) is 12.8 Å². The quantitative estimate of drug-likeness (QED) is 0.0265. The van der Waals surface area contributed by atoms with Gasteiger partial charge in [0.05, 0.1) is 13.2 Å². The van der Waals surface area contributed by atoms with Crippen molar-refractivity contribution in [2.75, 3.05) is 26.4 Å². The first kappa shape index (κ1) is 60.4. The molecule has 64 heavy (non-hydrogen) atoms. The number of hydrogen-bond donors (Lipinski definition) is 2. The molecule has 0 amide bonds. The monoisotopic (exact) mass is 910 g/mol. The first-order chi connectivity index (χ1) is 31.3. The maximum atomic E-state index is 12.6. The molecule has 0 saturated carbocycles. The van der Waals surface area contributed by atoms with E-state index in [-0.39, 0.29) is 32.6 Å². The van der Waals surface area contributed by atoms with Crippen LogP contribution >= 0.6 is 7.82 Å². The molecule has 0 radical (unpaired) electrons. The third-order valence-electron chi connectivity index (χ3n) is 9.58. The van der Waals surface area contributed by atoms with E-state index >= 15 is 0 Å². The summed E-state index contributed by atoms with van der Waals surface area (Å²) in [5, 5.41) is 0. The van der Waals surface area contributed by atoms with Gasteiger partial charge in [0.1, 0.15) is 6.61 Å². The van der Waals surface area contributed by atoms with Gasteiger partial charge in [0.15, 0.2) is 6.10 Å². The Morgan fingerprint density at radius 1 is 0.484 bits per heavy atom. The van der Waals surface area contributed by atoms with Crippen LogP contribution in [0.3, 0.4) is 0 Å². The van der Waals surface area contributed by atoms with E-state index in [1.807, 2.05) is 0 Å². The molecule has 0 bridgehead atoms. The second kappa shape index (κ2) is 48.9. The number of carbonyl (C=O) groups excluding carboxylic acids is 2. The fraction of sp³-hybridized carbons (Fsp3) is 0.593. The highest BCUT2D eigenvalue weighted by Gasteiger charge is 2.26. The van der Waals surface area contributed by atoms with Crippen LogP contribution < -0.4 is 5.73 Å². The van der Waals surface area contributed by atoms with Gasteiger partial charge in [0.25, 0.3) is 0 Å². The number of carbonyl (C=O) groups is 2. The van der Waals surface area contributed by atoms with Crippen molar-refractivity contribution in [2.45, 2.75) is 180 Å². The van der Waals surface area contributed by atoms with E-state index in [1.54, 1.807) is 0 Å². The van der Waals surface area contributed by atoms with Crippen LogP contribution in [-0.4, -0.2) is 49.3 Å². The van der Waals surface area contributed by atoms with Crippen LogP contribution in [0.4, 0.5) is 0 Å². The molecule has 0 aromatic heterocycles. The Labute approximate surface area is 390 Å². The molecule has 0 fully saturated rings. The van der Waals surface area contributed by atoms with Crippen molar-refractivity contribution < 1.29 is 37.6 Å². The molecule has 0 heterocycles. The number of ether oxygens (including phenoxy) is 2. The van der Waals surface area contributed by atoms with Gasteiger partial charge in [-0.15, -0.1) is 0 Å². The largest absolute Gasteiger partial charge is 0.472 e. The zero-order valence-corrected chi connectivity index (χ0v) is 40.9. The zero-order valence-electron chi connectivity index (χ0n) is 40.0. The summed E-state index contributed by atoms with van der Waals surface area (Å²) < 4.78 is 32.8. The van der Waals surface area contributed by atoms with E-state index in [0.717, 1.165) is 122 Å². The standard InChI is InChI=1S/C54H88NO8P/c1-3-5-7-9-11-13-15-17-19-20-21-22-23-24-25-26-27-28-29-30-31-32-33-35-37-39-41-43-45-47-54(57)63-52(51-62-64(58,59)61-49-48-55)50-60-53(56)46-44-42-40-38-36-34-18-16-14-12-10-8-6-4-2/h5,7,10-13,16-19,21-22,24-25,27-28,30-31,33,35,52H,3-4,6,8-9,14-15,20,23,26,29,32,34,36-51,55H2,1-2H3,(H,58,59)/b7-5-,12-10-,13-11-,18-16-,19-17-,22-21-,25-24-,28-27-,31-30-,35-33-. The Hall–Kier alpha value is -3.59. The number of hydrogen-bond acceptors (Lipinski definition) is 8. The van der Waals surface area contributed by atoms with Crippen LogP contribution in [0, 0.1) is 0 Å². The van der Waals surface area contributed by atoms with Gasteiger partial charge in [-0.3, -0.25) is 18.6 Å². The highest BCUT2D eigenvalue weighted by molar-refractivity contribution is 7.47.